The average molecular weight is 394 g/mol. The maximum Gasteiger partial charge on any atom is 0.291 e. The number of hydrogen-bond acceptors (Lipinski definition) is 3. The predicted molar refractivity (Wildman–Crippen MR) is 100 cm³/mol. The van der Waals surface area contributed by atoms with Crippen LogP contribution in [0.2, 0.25) is 10.0 Å². The molecule has 0 saturated heterocycles. The van der Waals surface area contributed by atoms with E-state index in [4.69, 9.17) is 38.5 Å². The van der Waals surface area contributed by atoms with E-state index in [0.717, 1.165) is 28.6 Å². The summed E-state index contributed by atoms with van der Waals surface area (Å²) in [4.78, 5) is 12.5. The van der Waals surface area contributed by atoms with E-state index in [9.17, 15) is 0 Å². The molecule has 8 heteroatoms. The van der Waals surface area contributed by atoms with Gasteiger partial charge in [-0.15, -0.1) is 10.1 Å². The summed E-state index contributed by atoms with van der Waals surface area (Å²) in [6.45, 7) is 0.840. The summed E-state index contributed by atoms with van der Waals surface area (Å²) < 4.78 is 2.09. The van der Waals surface area contributed by atoms with Crippen LogP contribution in [0.4, 0.5) is 0 Å². The molecule has 3 rings (SSSR count). The lowest BCUT2D eigenvalue weighted by molar-refractivity contribution is -0.742. The van der Waals surface area contributed by atoms with Crippen molar-refractivity contribution < 1.29 is 10.3 Å². The van der Waals surface area contributed by atoms with Crippen LogP contribution in [0, 0.1) is 10.1 Å². The fourth-order valence-corrected chi connectivity index (χ4v) is 3.05. The van der Waals surface area contributed by atoms with E-state index in [1.54, 1.807) is 6.20 Å². The van der Waals surface area contributed by atoms with Gasteiger partial charge in [-0.05, 0) is 35.7 Å². The molecule has 0 aliphatic carbocycles. The lowest BCUT2D eigenvalue weighted by atomic mass is 9.91. The monoisotopic (exact) mass is 393 g/mol. The number of benzene rings is 2. The Kier molecular flexibility index (Phi) is 7.44. The molecule has 2 aromatic carbocycles. The van der Waals surface area contributed by atoms with Gasteiger partial charge in [-0.3, -0.25) is 0 Å². The Labute approximate surface area is 160 Å². The van der Waals surface area contributed by atoms with E-state index in [1.807, 2.05) is 42.9 Å². The molecule has 1 heterocycles. The quantitative estimate of drug-likeness (QED) is 0.495. The van der Waals surface area contributed by atoms with Gasteiger partial charge in [0.2, 0.25) is 0 Å². The van der Waals surface area contributed by atoms with Gasteiger partial charge in [0, 0.05) is 34.9 Å². The van der Waals surface area contributed by atoms with Crippen LogP contribution in [0.25, 0.3) is 0 Å². The minimum Gasteiger partial charge on any atom is -0.337 e. The average Bonchev–Trinajstić information content (AvgIpc) is 3.09. The molecule has 1 unspecified atom stereocenters. The molecule has 0 amide bonds. The van der Waals surface area contributed by atoms with Crippen molar-refractivity contribution in [2.75, 3.05) is 0 Å². The van der Waals surface area contributed by atoms with Crippen LogP contribution in [0.15, 0.2) is 67.3 Å². The molecular weight excluding hydrogens is 377 g/mol. The molecule has 1 aromatic heterocycles. The van der Waals surface area contributed by atoms with Gasteiger partial charge >= 0.3 is 0 Å². The van der Waals surface area contributed by atoms with Gasteiger partial charge in [-0.1, -0.05) is 53.5 Å². The van der Waals surface area contributed by atoms with Gasteiger partial charge in [-0.2, -0.15) is 0 Å². The highest BCUT2D eigenvalue weighted by Gasteiger charge is 2.16. The maximum absolute atomic E-state index is 8.36. The zero-order valence-corrected chi connectivity index (χ0v) is 15.2. The van der Waals surface area contributed by atoms with Gasteiger partial charge in [0.25, 0.3) is 5.09 Å². The molecule has 6 nitrogen and oxygen atoms in total. The Hall–Kier alpha value is -2.57. The number of rotatable bonds is 5. The van der Waals surface area contributed by atoms with Crippen LogP contribution in [0.5, 0.6) is 0 Å². The van der Waals surface area contributed by atoms with Crippen LogP contribution in [0.1, 0.15) is 17.0 Å². The van der Waals surface area contributed by atoms with Crippen LogP contribution in [0.3, 0.4) is 0 Å². The Bertz CT molecular complexity index is 820. The van der Waals surface area contributed by atoms with Gasteiger partial charge in [0.1, 0.15) is 0 Å². The minimum absolute atomic E-state index is 0.282. The zero-order valence-electron chi connectivity index (χ0n) is 13.7. The lowest BCUT2D eigenvalue weighted by Crippen LogP contribution is -2.11. The molecule has 136 valence electrons. The lowest BCUT2D eigenvalue weighted by Gasteiger charge is -2.19. The summed E-state index contributed by atoms with van der Waals surface area (Å²) in [7, 11) is 0. The summed E-state index contributed by atoms with van der Waals surface area (Å²) in [5, 5.41) is 15.2. The van der Waals surface area contributed by atoms with Gasteiger partial charge < -0.3 is 9.77 Å². The van der Waals surface area contributed by atoms with Gasteiger partial charge in [0.15, 0.2) is 0 Å². The Morgan fingerprint density at radius 1 is 1.15 bits per heavy atom. The SMILES string of the molecule is Clc1ccc(CC(Cn2ccnc2)c2ccccc2Cl)cc1.O=[N+]([O-])O. The van der Waals surface area contributed by atoms with E-state index >= 15 is 0 Å². The molecule has 0 saturated carbocycles. The number of imidazole rings is 1. The minimum atomic E-state index is -1.50. The first-order valence-electron chi connectivity index (χ1n) is 7.73. The van der Waals surface area contributed by atoms with Gasteiger partial charge in [-0.25, -0.2) is 4.98 Å². The summed E-state index contributed by atoms with van der Waals surface area (Å²) in [6.07, 6.45) is 6.52. The predicted octanol–water partition coefficient (Wildman–Crippen LogP) is 4.87. The molecule has 0 radical (unpaired) electrons. The second kappa shape index (κ2) is 9.79. The molecule has 0 fully saturated rings. The maximum atomic E-state index is 8.36. The molecule has 26 heavy (non-hydrogen) atoms. The Morgan fingerprint density at radius 2 is 1.81 bits per heavy atom. The van der Waals surface area contributed by atoms with Crippen molar-refractivity contribution >= 4 is 23.2 Å². The highest BCUT2D eigenvalue weighted by atomic mass is 35.5. The summed E-state index contributed by atoms with van der Waals surface area (Å²) in [5.74, 6) is 0.282. The summed E-state index contributed by atoms with van der Waals surface area (Å²) >= 11 is 12.4. The second-order valence-corrected chi connectivity index (χ2v) is 6.39. The van der Waals surface area contributed by atoms with Crippen molar-refractivity contribution in [1.29, 1.82) is 0 Å². The van der Waals surface area contributed by atoms with Crippen LogP contribution in [-0.2, 0) is 13.0 Å². The van der Waals surface area contributed by atoms with Crippen LogP contribution in [-0.4, -0.2) is 19.8 Å². The van der Waals surface area contributed by atoms with Crippen LogP contribution < -0.4 is 0 Å². The fraction of sp³-hybridized carbons (Fsp3) is 0.167. The molecule has 0 spiro atoms. The first kappa shape index (κ1) is 19.8. The molecule has 1 N–H and O–H groups in total. The number of hydrogen-bond donors (Lipinski definition) is 1. The third-order valence-electron chi connectivity index (χ3n) is 3.73. The van der Waals surface area contributed by atoms with Crippen LogP contribution >= 0.6 is 23.2 Å². The van der Waals surface area contributed by atoms with Crippen molar-refractivity contribution in [2.24, 2.45) is 0 Å². The van der Waals surface area contributed by atoms with Crippen molar-refractivity contribution in [3.63, 3.8) is 0 Å². The molecule has 1 atom stereocenters. The standard InChI is InChI=1S/C18H16Cl2N2.HNO3/c19-16-7-5-14(6-8-16)11-15(12-22-10-9-21-13-22)17-3-1-2-4-18(17)20;2-1(3)4/h1-10,13,15H,11-12H2;(H,2,3,4). The highest BCUT2D eigenvalue weighted by molar-refractivity contribution is 6.31. The smallest absolute Gasteiger partial charge is 0.291 e. The second-order valence-electron chi connectivity index (χ2n) is 5.55. The van der Waals surface area contributed by atoms with E-state index < -0.39 is 5.09 Å². The largest absolute Gasteiger partial charge is 0.337 e. The van der Waals surface area contributed by atoms with E-state index in [1.165, 1.54) is 5.56 Å². The zero-order chi connectivity index (χ0) is 18.9. The summed E-state index contributed by atoms with van der Waals surface area (Å²) in [6, 6.07) is 16.0. The van der Waals surface area contributed by atoms with E-state index in [0.29, 0.717) is 0 Å². The summed E-state index contributed by atoms with van der Waals surface area (Å²) in [5.41, 5.74) is 2.40. The third-order valence-corrected chi connectivity index (χ3v) is 4.33. The Morgan fingerprint density at radius 3 is 2.38 bits per heavy atom. The normalized spacial score (nSPS) is 11.3. The first-order chi connectivity index (χ1) is 12.5. The number of halogens is 2. The van der Waals surface area contributed by atoms with E-state index in [-0.39, 0.29) is 5.92 Å². The fourth-order valence-electron chi connectivity index (χ4n) is 2.63. The first-order valence-corrected chi connectivity index (χ1v) is 8.49. The van der Waals surface area contributed by atoms with Crippen molar-refractivity contribution in [1.82, 2.24) is 9.55 Å². The van der Waals surface area contributed by atoms with Crippen molar-refractivity contribution in [3.05, 3.63) is 98.5 Å². The van der Waals surface area contributed by atoms with Crippen molar-refractivity contribution in [2.45, 2.75) is 18.9 Å². The molecule has 3 aromatic rings. The third kappa shape index (κ3) is 6.38. The Balaban J connectivity index is 0.000000552. The molecular formula is C18H17Cl2N3O3. The molecule has 0 bridgehead atoms. The van der Waals surface area contributed by atoms with E-state index in [2.05, 4.69) is 27.8 Å². The molecule has 0 aliphatic heterocycles. The van der Waals surface area contributed by atoms with Gasteiger partial charge in [0.05, 0.1) is 6.33 Å². The topological polar surface area (TPSA) is 81.2 Å². The number of aromatic nitrogens is 2. The van der Waals surface area contributed by atoms with Crippen molar-refractivity contribution in [3.8, 4) is 0 Å². The molecule has 0 aliphatic rings. The highest BCUT2D eigenvalue weighted by Crippen LogP contribution is 2.29. The number of nitrogens with zero attached hydrogens (tertiary/aromatic N) is 3.